The molecular weight excluding hydrogens is 408 g/mol. The molecule has 0 N–H and O–H groups in total. The molecule has 4 aromatic carbocycles. The Hall–Kier alpha value is -3.12. The molecule has 0 saturated carbocycles. The van der Waals surface area contributed by atoms with Crippen LogP contribution in [0.2, 0.25) is 0 Å². The highest BCUT2D eigenvalue weighted by Crippen LogP contribution is 2.62. The Kier molecular flexibility index (Phi) is 3.76. The molecule has 0 amide bonds. The third-order valence-electron chi connectivity index (χ3n) is 9.02. The molecule has 34 heavy (non-hydrogen) atoms. The van der Waals surface area contributed by atoms with Gasteiger partial charge in [-0.2, -0.15) is 0 Å². The molecule has 0 radical (unpaired) electrons. The van der Waals surface area contributed by atoms with E-state index in [2.05, 4.69) is 102 Å². The molecule has 0 spiro atoms. The largest absolute Gasteiger partial charge is 0.0795 e. The normalized spacial score (nSPS) is 18.1. The third-order valence-corrected chi connectivity index (χ3v) is 9.02. The van der Waals surface area contributed by atoms with E-state index in [4.69, 9.17) is 0 Å². The van der Waals surface area contributed by atoms with Crippen molar-refractivity contribution in [2.75, 3.05) is 0 Å². The summed E-state index contributed by atoms with van der Waals surface area (Å²) in [6.07, 6.45) is 4.79. The van der Waals surface area contributed by atoms with Crippen LogP contribution in [-0.2, 0) is 17.3 Å². The molecule has 3 aliphatic rings. The van der Waals surface area contributed by atoms with Crippen LogP contribution in [0.25, 0.3) is 38.6 Å². The Labute approximate surface area is 203 Å². The van der Waals surface area contributed by atoms with Crippen molar-refractivity contribution in [3.63, 3.8) is 0 Å². The molecule has 0 nitrogen and oxygen atoms in total. The molecule has 3 aliphatic carbocycles. The van der Waals surface area contributed by atoms with Crippen molar-refractivity contribution in [2.45, 2.75) is 65.2 Å². The Morgan fingerprint density at radius 3 is 2.09 bits per heavy atom. The maximum atomic E-state index is 2.55. The maximum Gasteiger partial charge on any atom is 0.0159 e. The molecule has 0 saturated heterocycles. The average molecular weight is 441 g/mol. The molecule has 0 aromatic heterocycles. The Morgan fingerprint density at radius 1 is 0.647 bits per heavy atom. The molecule has 0 aliphatic heterocycles. The number of aryl methyl sites for hydroxylation is 2. The van der Waals surface area contributed by atoms with Crippen LogP contribution in [0, 0.1) is 13.8 Å². The molecule has 0 atom stereocenters. The molecule has 168 valence electrons. The summed E-state index contributed by atoms with van der Waals surface area (Å²) in [4.78, 5) is 0. The van der Waals surface area contributed by atoms with E-state index in [0.29, 0.717) is 0 Å². The van der Waals surface area contributed by atoms with Gasteiger partial charge in [0.25, 0.3) is 0 Å². The lowest BCUT2D eigenvalue weighted by molar-refractivity contribution is 0.628. The molecular formula is C34H32. The molecule has 7 rings (SSSR count). The summed E-state index contributed by atoms with van der Waals surface area (Å²) < 4.78 is 0. The number of rotatable bonds is 1. The summed E-state index contributed by atoms with van der Waals surface area (Å²) in [5.41, 5.74) is 17.7. The first kappa shape index (κ1) is 20.3. The topological polar surface area (TPSA) is 0 Å². The second-order valence-electron chi connectivity index (χ2n) is 11.8. The molecule has 0 heterocycles. The highest BCUT2D eigenvalue weighted by molar-refractivity contribution is 6.17. The predicted octanol–water partition coefficient (Wildman–Crippen LogP) is 9.05. The minimum atomic E-state index is -0.0344. The minimum Gasteiger partial charge on any atom is -0.0795 e. The van der Waals surface area contributed by atoms with Crippen LogP contribution >= 0.6 is 0 Å². The Morgan fingerprint density at radius 2 is 1.35 bits per heavy atom. The first-order chi connectivity index (χ1) is 16.2. The highest BCUT2D eigenvalue weighted by atomic mass is 14.5. The first-order valence-corrected chi connectivity index (χ1v) is 12.8. The van der Waals surface area contributed by atoms with E-state index >= 15 is 0 Å². The van der Waals surface area contributed by atoms with Gasteiger partial charge in [0.2, 0.25) is 0 Å². The van der Waals surface area contributed by atoms with E-state index in [1.165, 1.54) is 66.4 Å². The van der Waals surface area contributed by atoms with Crippen molar-refractivity contribution >= 4 is 16.3 Å². The van der Waals surface area contributed by atoms with Gasteiger partial charge in [0, 0.05) is 10.8 Å². The quantitative estimate of drug-likeness (QED) is 0.277. The summed E-state index contributed by atoms with van der Waals surface area (Å²) in [5.74, 6) is 0. The Bertz CT molecular complexity index is 1590. The fraction of sp³-hybridized carbons (Fsp3) is 0.294. The van der Waals surface area contributed by atoms with Gasteiger partial charge < -0.3 is 0 Å². The summed E-state index contributed by atoms with van der Waals surface area (Å²) in [6, 6.07) is 21.2. The van der Waals surface area contributed by atoms with Crippen LogP contribution in [0.1, 0.15) is 73.1 Å². The van der Waals surface area contributed by atoms with Crippen LogP contribution in [0.15, 0.2) is 60.7 Å². The summed E-state index contributed by atoms with van der Waals surface area (Å²) in [7, 11) is 0. The van der Waals surface area contributed by atoms with Gasteiger partial charge in [0.1, 0.15) is 0 Å². The number of hydrogen-bond acceptors (Lipinski definition) is 0. The molecule has 0 bridgehead atoms. The molecule has 0 heteroatoms. The van der Waals surface area contributed by atoms with Crippen LogP contribution in [0.5, 0.6) is 0 Å². The molecule has 0 fully saturated rings. The van der Waals surface area contributed by atoms with Gasteiger partial charge in [0.05, 0.1) is 0 Å². The van der Waals surface area contributed by atoms with E-state index in [9.17, 15) is 0 Å². The first-order valence-electron chi connectivity index (χ1n) is 12.8. The zero-order valence-corrected chi connectivity index (χ0v) is 21.2. The van der Waals surface area contributed by atoms with Crippen molar-refractivity contribution in [1.82, 2.24) is 0 Å². The predicted molar refractivity (Wildman–Crippen MR) is 146 cm³/mol. The summed E-state index contributed by atoms with van der Waals surface area (Å²) in [6.45, 7) is 14.2. The van der Waals surface area contributed by atoms with Crippen molar-refractivity contribution in [2.24, 2.45) is 0 Å². The van der Waals surface area contributed by atoms with Crippen LogP contribution < -0.4 is 0 Å². The van der Waals surface area contributed by atoms with E-state index in [1.54, 1.807) is 11.1 Å². The third kappa shape index (κ3) is 2.30. The standard InChI is InChI=1S/C34H32/c1-19-13-15-21(16-14-19)28-22-9-7-11-24-29(22)32-30-23(28)10-8-12-25(30)34(5,6)27-18-20(2)17-26(31(27)32)33(24,3)4/h7,9,11-18H,8,10H2,1-6H3. The lowest BCUT2D eigenvalue weighted by atomic mass is 9.56. The van der Waals surface area contributed by atoms with Gasteiger partial charge in [-0.15, -0.1) is 0 Å². The second kappa shape index (κ2) is 6.30. The fourth-order valence-corrected chi connectivity index (χ4v) is 7.32. The van der Waals surface area contributed by atoms with Crippen LogP contribution in [-0.4, -0.2) is 0 Å². The van der Waals surface area contributed by atoms with E-state index in [-0.39, 0.29) is 10.8 Å². The van der Waals surface area contributed by atoms with E-state index < -0.39 is 0 Å². The lowest BCUT2D eigenvalue weighted by Gasteiger charge is -2.47. The number of hydrogen-bond donors (Lipinski definition) is 0. The van der Waals surface area contributed by atoms with Gasteiger partial charge in [-0.1, -0.05) is 99.5 Å². The minimum absolute atomic E-state index is 0.00113. The van der Waals surface area contributed by atoms with Crippen molar-refractivity contribution in [1.29, 1.82) is 0 Å². The highest BCUT2D eigenvalue weighted by Gasteiger charge is 2.45. The van der Waals surface area contributed by atoms with E-state index in [0.717, 1.165) is 12.8 Å². The van der Waals surface area contributed by atoms with Crippen LogP contribution in [0.3, 0.4) is 0 Å². The van der Waals surface area contributed by atoms with Gasteiger partial charge in [-0.05, 0) is 93.1 Å². The van der Waals surface area contributed by atoms with Crippen LogP contribution in [0.4, 0.5) is 0 Å². The zero-order chi connectivity index (χ0) is 23.6. The fourth-order valence-electron chi connectivity index (χ4n) is 7.32. The second-order valence-corrected chi connectivity index (χ2v) is 11.8. The average Bonchev–Trinajstić information content (AvgIpc) is 2.81. The zero-order valence-electron chi connectivity index (χ0n) is 21.2. The van der Waals surface area contributed by atoms with Gasteiger partial charge in [-0.25, -0.2) is 0 Å². The summed E-state index contributed by atoms with van der Waals surface area (Å²) in [5, 5.41) is 2.92. The monoisotopic (exact) mass is 440 g/mol. The lowest BCUT2D eigenvalue weighted by Crippen LogP contribution is -2.33. The van der Waals surface area contributed by atoms with Crippen molar-refractivity contribution < 1.29 is 0 Å². The van der Waals surface area contributed by atoms with Gasteiger partial charge in [0.15, 0.2) is 0 Å². The number of allylic oxidation sites excluding steroid dienone is 2. The SMILES string of the molecule is Cc1ccc(-c2c3c4c5c6c(cccc26)C(C)(C)c2cc(C)cc(c2-5)C(C)(C)C4=CCC3)cc1. The molecule has 4 aromatic rings. The number of benzene rings is 4. The van der Waals surface area contributed by atoms with Gasteiger partial charge >= 0.3 is 0 Å². The van der Waals surface area contributed by atoms with E-state index in [1.807, 2.05) is 0 Å². The Balaban J connectivity index is 1.78. The summed E-state index contributed by atoms with van der Waals surface area (Å²) >= 11 is 0. The maximum absolute atomic E-state index is 2.55. The van der Waals surface area contributed by atoms with Crippen molar-refractivity contribution in [3.8, 4) is 22.3 Å². The molecule has 0 unspecified atom stereocenters. The van der Waals surface area contributed by atoms with Gasteiger partial charge in [-0.3, -0.25) is 0 Å². The smallest absolute Gasteiger partial charge is 0.0159 e. The van der Waals surface area contributed by atoms with Crippen molar-refractivity contribution in [3.05, 3.63) is 99.6 Å².